The molecule has 0 aliphatic rings. The Kier molecular flexibility index (Phi) is 8.03. The van der Waals surface area contributed by atoms with Crippen LogP contribution in [0, 0.1) is 5.92 Å². The quantitative estimate of drug-likeness (QED) is 0.475. The highest BCUT2D eigenvalue weighted by Crippen LogP contribution is 2.03. The molecule has 6 heteroatoms. The van der Waals surface area contributed by atoms with Crippen LogP contribution < -0.4 is 11.1 Å². The van der Waals surface area contributed by atoms with Gasteiger partial charge in [-0.15, -0.1) is 0 Å². The lowest BCUT2D eigenvalue weighted by Crippen LogP contribution is -2.46. The summed E-state index contributed by atoms with van der Waals surface area (Å²) in [5.74, 6) is 0.0870. The summed E-state index contributed by atoms with van der Waals surface area (Å²) >= 11 is 4.91. The Morgan fingerprint density at radius 1 is 1.53 bits per heavy atom. The smallest absolute Gasteiger partial charge is 0.237 e. The molecule has 1 amide bonds. The highest BCUT2D eigenvalue weighted by molar-refractivity contribution is 7.80. The first kappa shape index (κ1) is 16.3. The van der Waals surface area contributed by atoms with Crippen LogP contribution in [0.3, 0.4) is 0 Å². The van der Waals surface area contributed by atoms with Crippen molar-refractivity contribution < 1.29 is 9.53 Å². The fraction of sp³-hybridized carbons (Fsp3) is 0.818. The van der Waals surface area contributed by atoms with Crippen molar-refractivity contribution in [2.45, 2.75) is 19.9 Å². The molecule has 0 aliphatic carbocycles. The van der Waals surface area contributed by atoms with E-state index in [1.807, 2.05) is 25.8 Å². The number of amides is 1. The first-order valence-electron chi connectivity index (χ1n) is 5.66. The Labute approximate surface area is 109 Å². The van der Waals surface area contributed by atoms with Crippen molar-refractivity contribution in [2.75, 3.05) is 33.9 Å². The van der Waals surface area contributed by atoms with E-state index in [-0.39, 0.29) is 17.9 Å². The molecule has 0 saturated heterocycles. The molecular formula is C11H23N3O2S. The second-order valence-electron chi connectivity index (χ2n) is 4.20. The molecule has 0 aromatic carbocycles. The second kappa shape index (κ2) is 8.38. The van der Waals surface area contributed by atoms with Crippen LogP contribution in [-0.4, -0.2) is 55.7 Å². The number of nitrogens with one attached hydrogen (secondary N) is 1. The Bertz CT molecular complexity index is 261. The highest BCUT2D eigenvalue weighted by Gasteiger charge is 2.19. The number of carbonyl (C=O) groups is 1. The number of hydrogen-bond donors (Lipinski definition) is 2. The zero-order chi connectivity index (χ0) is 13.4. The van der Waals surface area contributed by atoms with Crippen molar-refractivity contribution in [1.82, 2.24) is 10.2 Å². The zero-order valence-corrected chi connectivity index (χ0v) is 11.8. The maximum Gasteiger partial charge on any atom is 0.237 e. The molecule has 17 heavy (non-hydrogen) atoms. The van der Waals surface area contributed by atoms with Crippen molar-refractivity contribution in [3.63, 3.8) is 0 Å². The number of carbonyl (C=O) groups excluding carboxylic acids is 1. The molecular weight excluding hydrogens is 238 g/mol. The van der Waals surface area contributed by atoms with Gasteiger partial charge >= 0.3 is 0 Å². The number of rotatable bonds is 8. The van der Waals surface area contributed by atoms with Crippen LogP contribution in [0.4, 0.5) is 0 Å². The molecule has 0 saturated carbocycles. The van der Waals surface area contributed by atoms with Crippen molar-refractivity contribution in [1.29, 1.82) is 0 Å². The average Bonchev–Trinajstić information content (AvgIpc) is 2.27. The van der Waals surface area contributed by atoms with Crippen LogP contribution >= 0.6 is 12.2 Å². The summed E-state index contributed by atoms with van der Waals surface area (Å²) in [5.41, 5.74) is 5.55. The van der Waals surface area contributed by atoms with Crippen LogP contribution in [-0.2, 0) is 9.53 Å². The van der Waals surface area contributed by atoms with Gasteiger partial charge in [0.15, 0.2) is 0 Å². The topological polar surface area (TPSA) is 67.6 Å². The third-order valence-electron chi connectivity index (χ3n) is 2.69. The van der Waals surface area contributed by atoms with Gasteiger partial charge in [0, 0.05) is 26.1 Å². The van der Waals surface area contributed by atoms with Gasteiger partial charge in [-0.2, -0.15) is 0 Å². The Morgan fingerprint density at radius 2 is 2.12 bits per heavy atom. The van der Waals surface area contributed by atoms with Crippen molar-refractivity contribution in [3.05, 3.63) is 0 Å². The normalized spacial score (nSPS) is 14.4. The predicted molar refractivity (Wildman–Crippen MR) is 72.9 cm³/mol. The molecule has 100 valence electrons. The SMILES string of the molecule is COCCNC(=O)C(C)N(C)CC(C)C(N)=S. The van der Waals surface area contributed by atoms with Crippen molar-refractivity contribution in [2.24, 2.45) is 11.7 Å². The molecule has 2 atom stereocenters. The highest BCUT2D eigenvalue weighted by atomic mass is 32.1. The standard InChI is InChI=1S/C11H23N3O2S/c1-8(10(12)17)7-14(3)9(2)11(15)13-5-6-16-4/h8-9H,5-7H2,1-4H3,(H2,12,17)(H,13,15). The Balaban J connectivity index is 4.06. The third-order valence-corrected chi connectivity index (χ3v) is 3.10. The van der Waals surface area contributed by atoms with Crippen LogP contribution in [0.2, 0.25) is 0 Å². The maximum absolute atomic E-state index is 11.7. The van der Waals surface area contributed by atoms with Crippen molar-refractivity contribution >= 4 is 23.1 Å². The number of hydrogen-bond acceptors (Lipinski definition) is 4. The lowest BCUT2D eigenvalue weighted by molar-refractivity contribution is -0.125. The monoisotopic (exact) mass is 261 g/mol. The van der Waals surface area contributed by atoms with Gasteiger partial charge in [-0.1, -0.05) is 19.1 Å². The average molecular weight is 261 g/mol. The first-order chi connectivity index (χ1) is 7.90. The van der Waals surface area contributed by atoms with Gasteiger partial charge in [0.2, 0.25) is 5.91 Å². The first-order valence-corrected chi connectivity index (χ1v) is 6.07. The summed E-state index contributed by atoms with van der Waals surface area (Å²) in [4.78, 5) is 14.2. The molecule has 0 heterocycles. The van der Waals surface area contributed by atoms with Gasteiger partial charge in [0.05, 0.1) is 17.6 Å². The van der Waals surface area contributed by atoms with E-state index >= 15 is 0 Å². The number of ether oxygens (including phenoxy) is 1. The molecule has 0 aromatic heterocycles. The molecule has 5 nitrogen and oxygen atoms in total. The van der Waals surface area contributed by atoms with Gasteiger partial charge in [-0.25, -0.2) is 0 Å². The summed E-state index contributed by atoms with van der Waals surface area (Å²) in [6, 6.07) is -0.205. The van der Waals surface area contributed by atoms with E-state index in [0.717, 1.165) is 0 Å². The fourth-order valence-electron chi connectivity index (χ4n) is 1.30. The van der Waals surface area contributed by atoms with E-state index in [1.54, 1.807) is 7.11 Å². The van der Waals surface area contributed by atoms with E-state index in [2.05, 4.69) is 5.32 Å². The molecule has 0 rings (SSSR count). The van der Waals surface area contributed by atoms with Gasteiger partial charge in [0.25, 0.3) is 0 Å². The zero-order valence-electron chi connectivity index (χ0n) is 11.0. The van der Waals surface area contributed by atoms with Crippen LogP contribution in [0.15, 0.2) is 0 Å². The van der Waals surface area contributed by atoms with Crippen LogP contribution in [0.25, 0.3) is 0 Å². The van der Waals surface area contributed by atoms with Gasteiger partial charge in [-0.3, -0.25) is 9.69 Å². The van der Waals surface area contributed by atoms with Gasteiger partial charge in [0.1, 0.15) is 0 Å². The third kappa shape index (κ3) is 6.55. The number of nitrogens with zero attached hydrogens (tertiary/aromatic N) is 1. The number of thiocarbonyl (C=S) groups is 1. The molecule has 2 unspecified atom stereocenters. The molecule has 3 N–H and O–H groups in total. The number of nitrogens with two attached hydrogens (primary N) is 1. The molecule has 0 bridgehead atoms. The molecule has 0 radical (unpaired) electrons. The second-order valence-corrected chi connectivity index (χ2v) is 4.67. The minimum absolute atomic E-state index is 0.0142. The Hall–Kier alpha value is -0.720. The van der Waals surface area contributed by atoms with Crippen LogP contribution in [0.5, 0.6) is 0 Å². The number of methoxy groups -OCH3 is 1. The van der Waals surface area contributed by atoms with E-state index in [9.17, 15) is 4.79 Å². The van der Waals surface area contributed by atoms with E-state index in [4.69, 9.17) is 22.7 Å². The largest absolute Gasteiger partial charge is 0.393 e. The summed E-state index contributed by atoms with van der Waals surface area (Å²) in [7, 11) is 3.49. The van der Waals surface area contributed by atoms with E-state index < -0.39 is 0 Å². The predicted octanol–water partition coefficient (Wildman–Crippen LogP) is -0.00850. The summed E-state index contributed by atoms with van der Waals surface area (Å²) in [5, 5.41) is 2.80. The lowest BCUT2D eigenvalue weighted by Gasteiger charge is -2.26. The van der Waals surface area contributed by atoms with E-state index in [1.165, 1.54) is 0 Å². The summed E-state index contributed by atoms with van der Waals surface area (Å²) in [6.07, 6.45) is 0. The molecule has 0 fully saturated rings. The lowest BCUT2D eigenvalue weighted by atomic mass is 10.1. The number of likely N-dealkylation sites (N-methyl/N-ethyl adjacent to an activating group) is 1. The summed E-state index contributed by atoms with van der Waals surface area (Å²) < 4.78 is 4.87. The van der Waals surface area contributed by atoms with E-state index in [0.29, 0.717) is 24.7 Å². The maximum atomic E-state index is 11.7. The molecule has 0 aromatic rings. The molecule has 0 aliphatic heterocycles. The van der Waals surface area contributed by atoms with Gasteiger partial charge in [-0.05, 0) is 14.0 Å². The minimum atomic E-state index is -0.205. The minimum Gasteiger partial charge on any atom is -0.393 e. The van der Waals surface area contributed by atoms with Crippen LogP contribution in [0.1, 0.15) is 13.8 Å². The molecule has 0 spiro atoms. The Morgan fingerprint density at radius 3 is 2.59 bits per heavy atom. The van der Waals surface area contributed by atoms with Crippen molar-refractivity contribution in [3.8, 4) is 0 Å². The summed E-state index contributed by atoms with van der Waals surface area (Å²) in [6.45, 7) is 5.53. The van der Waals surface area contributed by atoms with Gasteiger partial charge < -0.3 is 15.8 Å². The fourth-order valence-corrected chi connectivity index (χ4v) is 1.38.